The van der Waals surface area contributed by atoms with Crippen LogP contribution >= 0.6 is 31.9 Å². The van der Waals surface area contributed by atoms with E-state index in [0.717, 1.165) is 4.90 Å². The van der Waals surface area contributed by atoms with Crippen LogP contribution in [-0.4, -0.2) is 30.1 Å². The molecular weight excluding hydrogens is 484 g/mol. The third-order valence-corrected chi connectivity index (χ3v) is 4.99. The minimum absolute atomic E-state index is 0.00777. The molecule has 7 nitrogen and oxygen atoms in total. The van der Waals surface area contributed by atoms with Gasteiger partial charge in [-0.05, 0) is 79.9 Å². The number of halogens is 2. The Labute approximate surface area is 170 Å². The maximum absolute atomic E-state index is 12.8. The summed E-state index contributed by atoms with van der Waals surface area (Å²) in [7, 11) is 1.50. The number of phenols is 1. The lowest BCUT2D eigenvalue weighted by Gasteiger charge is -2.26. The minimum Gasteiger partial charge on any atom is -0.506 e. The van der Waals surface area contributed by atoms with E-state index in [1.54, 1.807) is 24.3 Å². The molecule has 1 aliphatic heterocycles. The lowest BCUT2D eigenvalue weighted by atomic mass is 10.1. The summed E-state index contributed by atoms with van der Waals surface area (Å²) in [6, 6.07) is 8.53. The minimum atomic E-state index is -0.833. The predicted molar refractivity (Wildman–Crippen MR) is 106 cm³/mol. The number of imide groups is 2. The molecule has 2 N–H and O–H groups in total. The largest absolute Gasteiger partial charge is 0.506 e. The summed E-state index contributed by atoms with van der Waals surface area (Å²) in [5, 5.41) is 11.9. The summed E-state index contributed by atoms with van der Waals surface area (Å²) in [6.45, 7) is 0. The highest BCUT2D eigenvalue weighted by Gasteiger charge is 2.36. The number of rotatable bonds is 3. The molecule has 0 aliphatic carbocycles. The first-order chi connectivity index (χ1) is 12.8. The van der Waals surface area contributed by atoms with E-state index in [1.165, 1.54) is 25.3 Å². The SMILES string of the molecule is COc1ccc(N2C(=O)NC(=O)/C(=C\c3cc(Br)c(O)c(Br)c3)C2=O)cc1. The van der Waals surface area contributed by atoms with Gasteiger partial charge in [0, 0.05) is 0 Å². The first-order valence-electron chi connectivity index (χ1n) is 7.55. The fourth-order valence-corrected chi connectivity index (χ4v) is 3.68. The summed E-state index contributed by atoms with van der Waals surface area (Å²) >= 11 is 6.39. The van der Waals surface area contributed by atoms with Crippen molar-refractivity contribution >= 4 is 61.5 Å². The second-order valence-corrected chi connectivity index (χ2v) is 7.20. The number of amides is 4. The zero-order valence-corrected chi connectivity index (χ0v) is 17.0. The van der Waals surface area contributed by atoms with Gasteiger partial charge in [0.2, 0.25) is 0 Å². The molecule has 0 radical (unpaired) electrons. The number of nitrogens with zero attached hydrogens (tertiary/aromatic N) is 1. The average molecular weight is 496 g/mol. The molecule has 1 fully saturated rings. The van der Waals surface area contributed by atoms with Gasteiger partial charge in [0.15, 0.2) is 0 Å². The molecule has 138 valence electrons. The number of phenolic OH excluding ortho intramolecular Hbond substituents is 1. The van der Waals surface area contributed by atoms with Gasteiger partial charge in [0.05, 0.1) is 21.7 Å². The summed E-state index contributed by atoms with van der Waals surface area (Å²) in [4.78, 5) is 38.1. The number of carbonyl (C=O) groups excluding carboxylic acids is 3. The van der Waals surface area contributed by atoms with Crippen molar-refractivity contribution in [3.8, 4) is 11.5 Å². The fraction of sp³-hybridized carbons (Fsp3) is 0.0556. The lowest BCUT2D eigenvalue weighted by Crippen LogP contribution is -2.54. The van der Waals surface area contributed by atoms with Crippen LogP contribution in [0.25, 0.3) is 6.08 Å². The van der Waals surface area contributed by atoms with Crippen LogP contribution < -0.4 is 15.0 Å². The first kappa shape index (κ1) is 19.1. The second kappa shape index (κ2) is 7.53. The topological polar surface area (TPSA) is 95.9 Å². The van der Waals surface area contributed by atoms with E-state index in [1.807, 2.05) is 0 Å². The molecule has 9 heteroatoms. The Kier molecular flexibility index (Phi) is 5.33. The normalized spacial score (nSPS) is 15.9. The molecule has 2 aromatic carbocycles. The van der Waals surface area contributed by atoms with Gasteiger partial charge in [0.25, 0.3) is 11.8 Å². The van der Waals surface area contributed by atoms with Crippen LogP contribution in [0.4, 0.5) is 10.5 Å². The summed E-state index contributed by atoms with van der Waals surface area (Å²) in [5.74, 6) is -0.995. The monoisotopic (exact) mass is 494 g/mol. The summed E-state index contributed by atoms with van der Waals surface area (Å²) in [5.41, 5.74) is 0.564. The third-order valence-electron chi connectivity index (χ3n) is 3.78. The number of hydrogen-bond donors (Lipinski definition) is 2. The molecule has 1 heterocycles. The number of barbiturate groups is 1. The van der Waals surface area contributed by atoms with Crippen molar-refractivity contribution in [3.05, 3.63) is 56.5 Å². The number of methoxy groups -OCH3 is 1. The van der Waals surface area contributed by atoms with Gasteiger partial charge in [-0.15, -0.1) is 0 Å². The number of carbonyl (C=O) groups is 3. The number of hydrogen-bond acceptors (Lipinski definition) is 5. The first-order valence-corrected chi connectivity index (χ1v) is 9.14. The molecule has 0 atom stereocenters. The number of urea groups is 1. The van der Waals surface area contributed by atoms with Crippen molar-refractivity contribution in [2.45, 2.75) is 0 Å². The van der Waals surface area contributed by atoms with Gasteiger partial charge < -0.3 is 9.84 Å². The van der Waals surface area contributed by atoms with E-state index >= 15 is 0 Å². The van der Waals surface area contributed by atoms with E-state index in [-0.39, 0.29) is 11.3 Å². The number of nitrogens with one attached hydrogen (secondary N) is 1. The number of benzene rings is 2. The zero-order valence-electron chi connectivity index (χ0n) is 13.8. The quantitative estimate of drug-likeness (QED) is 0.501. The molecule has 0 bridgehead atoms. The Hall–Kier alpha value is -2.65. The molecule has 4 amide bonds. The van der Waals surface area contributed by atoms with Crippen LogP contribution in [0, 0.1) is 0 Å². The average Bonchev–Trinajstić information content (AvgIpc) is 2.63. The van der Waals surface area contributed by atoms with Gasteiger partial charge in [-0.25, -0.2) is 9.69 Å². The van der Waals surface area contributed by atoms with E-state index in [4.69, 9.17) is 4.74 Å². The van der Waals surface area contributed by atoms with Gasteiger partial charge in [-0.1, -0.05) is 0 Å². The number of aromatic hydroxyl groups is 1. The Balaban J connectivity index is 2.01. The standard InChI is InChI=1S/C18H12Br2N2O5/c1-27-11-4-2-10(3-5-11)22-17(25)12(16(24)21-18(22)26)6-9-7-13(19)15(23)14(20)8-9/h2-8,23H,1H3,(H,21,24,26)/b12-6+. The summed E-state index contributed by atoms with van der Waals surface area (Å²) in [6.07, 6.45) is 1.34. The molecule has 0 unspecified atom stereocenters. The summed E-state index contributed by atoms with van der Waals surface area (Å²) < 4.78 is 5.83. The Morgan fingerprint density at radius 2 is 1.67 bits per heavy atom. The molecule has 1 saturated heterocycles. The highest BCUT2D eigenvalue weighted by molar-refractivity contribution is 9.11. The van der Waals surface area contributed by atoms with Crippen molar-refractivity contribution in [2.75, 3.05) is 12.0 Å². The fourth-order valence-electron chi connectivity index (χ4n) is 2.46. The van der Waals surface area contributed by atoms with E-state index in [9.17, 15) is 19.5 Å². The van der Waals surface area contributed by atoms with Crippen molar-refractivity contribution in [1.29, 1.82) is 0 Å². The smallest absolute Gasteiger partial charge is 0.335 e. The second-order valence-electron chi connectivity index (χ2n) is 5.49. The number of ether oxygens (including phenoxy) is 1. The van der Waals surface area contributed by atoms with Crippen LogP contribution in [0.5, 0.6) is 11.5 Å². The third kappa shape index (κ3) is 3.74. The van der Waals surface area contributed by atoms with Crippen LogP contribution in [0.3, 0.4) is 0 Å². The molecule has 3 rings (SSSR count). The van der Waals surface area contributed by atoms with E-state index in [2.05, 4.69) is 37.2 Å². The zero-order chi connectivity index (χ0) is 19.7. The van der Waals surface area contributed by atoms with Crippen LogP contribution in [0.1, 0.15) is 5.56 Å². The Morgan fingerprint density at radius 1 is 1.07 bits per heavy atom. The van der Waals surface area contributed by atoms with Crippen molar-refractivity contribution in [1.82, 2.24) is 5.32 Å². The van der Waals surface area contributed by atoms with Gasteiger partial charge in [0.1, 0.15) is 17.1 Å². The van der Waals surface area contributed by atoms with E-state index < -0.39 is 17.8 Å². The Bertz CT molecular complexity index is 963. The van der Waals surface area contributed by atoms with Gasteiger partial charge in [-0.3, -0.25) is 14.9 Å². The number of anilines is 1. The molecule has 0 saturated carbocycles. The van der Waals surface area contributed by atoms with Crippen molar-refractivity contribution in [3.63, 3.8) is 0 Å². The molecular formula is C18H12Br2N2O5. The molecule has 2 aromatic rings. The molecule has 1 aliphatic rings. The van der Waals surface area contributed by atoms with Crippen LogP contribution in [0.15, 0.2) is 50.9 Å². The molecule has 0 spiro atoms. The van der Waals surface area contributed by atoms with Gasteiger partial charge >= 0.3 is 6.03 Å². The highest BCUT2D eigenvalue weighted by atomic mass is 79.9. The Morgan fingerprint density at radius 3 is 2.22 bits per heavy atom. The lowest BCUT2D eigenvalue weighted by molar-refractivity contribution is -0.122. The molecule has 27 heavy (non-hydrogen) atoms. The van der Waals surface area contributed by atoms with Crippen LogP contribution in [0.2, 0.25) is 0 Å². The van der Waals surface area contributed by atoms with Crippen molar-refractivity contribution in [2.24, 2.45) is 0 Å². The molecule has 0 aromatic heterocycles. The van der Waals surface area contributed by atoms with E-state index in [0.29, 0.717) is 25.9 Å². The van der Waals surface area contributed by atoms with Crippen LogP contribution in [-0.2, 0) is 9.59 Å². The highest BCUT2D eigenvalue weighted by Crippen LogP contribution is 2.34. The van der Waals surface area contributed by atoms with Crippen molar-refractivity contribution < 1.29 is 24.2 Å². The maximum atomic E-state index is 12.8. The predicted octanol–water partition coefficient (Wildman–Crippen LogP) is 3.59. The maximum Gasteiger partial charge on any atom is 0.335 e. The van der Waals surface area contributed by atoms with Gasteiger partial charge in [-0.2, -0.15) is 0 Å².